The molecule has 2 aromatic carbocycles. The Morgan fingerprint density at radius 3 is 2.84 bits per heavy atom. The summed E-state index contributed by atoms with van der Waals surface area (Å²) in [6.45, 7) is 2.85. The standard InChI is InChI=1S/C16H15N3/c1-12-5-4-6-13(9-12)10-17-16-15-8-3-2-7-14(15)11-18-19-16/h2-9,11H,10H2,1H3,(H,17,19). The third-order valence-corrected chi connectivity index (χ3v) is 3.11. The van der Waals surface area contributed by atoms with Gasteiger partial charge in [-0.2, -0.15) is 5.10 Å². The first kappa shape index (κ1) is 11.7. The first-order valence-electron chi connectivity index (χ1n) is 6.33. The molecule has 94 valence electrons. The molecule has 0 bridgehead atoms. The Morgan fingerprint density at radius 1 is 1.05 bits per heavy atom. The van der Waals surface area contributed by atoms with Gasteiger partial charge in [-0.25, -0.2) is 0 Å². The number of benzene rings is 2. The molecule has 0 unspecified atom stereocenters. The summed E-state index contributed by atoms with van der Waals surface area (Å²) in [5.41, 5.74) is 2.51. The van der Waals surface area contributed by atoms with Gasteiger partial charge in [-0.1, -0.05) is 54.1 Å². The highest BCUT2D eigenvalue weighted by molar-refractivity contribution is 5.90. The number of anilines is 1. The molecule has 0 amide bonds. The van der Waals surface area contributed by atoms with Crippen LogP contribution in [0.25, 0.3) is 10.8 Å². The molecule has 0 atom stereocenters. The molecule has 1 aromatic heterocycles. The zero-order chi connectivity index (χ0) is 13.1. The summed E-state index contributed by atoms with van der Waals surface area (Å²) in [6.07, 6.45) is 1.78. The van der Waals surface area contributed by atoms with Gasteiger partial charge >= 0.3 is 0 Å². The molecular formula is C16H15N3. The monoisotopic (exact) mass is 249 g/mol. The fourth-order valence-electron chi connectivity index (χ4n) is 2.17. The van der Waals surface area contributed by atoms with E-state index in [1.807, 2.05) is 18.2 Å². The lowest BCUT2D eigenvalue weighted by Gasteiger charge is -2.08. The highest BCUT2D eigenvalue weighted by atomic mass is 15.2. The van der Waals surface area contributed by atoms with Crippen LogP contribution in [0.15, 0.2) is 54.7 Å². The third kappa shape index (κ3) is 2.55. The van der Waals surface area contributed by atoms with E-state index in [4.69, 9.17) is 0 Å². The fraction of sp³-hybridized carbons (Fsp3) is 0.125. The van der Waals surface area contributed by atoms with Crippen molar-refractivity contribution in [3.63, 3.8) is 0 Å². The van der Waals surface area contributed by atoms with Crippen LogP contribution in [0.5, 0.6) is 0 Å². The first-order valence-corrected chi connectivity index (χ1v) is 6.33. The summed E-state index contributed by atoms with van der Waals surface area (Å²) in [7, 11) is 0. The van der Waals surface area contributed by atoms with Crippen LogP contribution in [0.4, 0.5) is 5.82 Å². The molecule has 0 radical (unpaired) electrons. The van der Waals surface area contributed by atoms with Gasteiger partial charge in [0.05, 0.1) is 6.20 Å². The van der Waals surface area contributed by atoms with Crippen molar-refractivity contribution in [2.45, 2.75) is 13.5 Å². The van der Waals surface area contributed by atoms with E-state index in [-0.39, 0.29) is 0 Å². The number of rotatable bonds is 3. The predicted molar refractivity (Wildman–Crippen MR) is 78.0 cm³/mol. The summed E-state index contributed by atoms with van der Waals surface area (Å²) < 4.78 is 0. The molecule has 1 N–H and O–H groups in total. The Kier molecular flexibility index (Phi) is 3.11. The minimum absolute atomic E-state index is 0.754. The second-order valence-electron chi connectivity index (χ2n) is 4.62. The van der Waals surface area contributed by atoms with Crippen LogP contribution in [-0.4, -0.2) is 10.2 Å². The van der Waals surface area contributed by atoms with Crippen molar-refractivity contribution >= 4 is 16.6 Å². The number of hydrogen-bond acceptors (Lipinski definition) is 3. The summed E-state index contributed by atoms with van der Waals surface area (Å²) in [5, 5.41) is 13.8. The molecule has 0 aliphatic rings. The van der Waals surface area contributed by atoms with Gasteiger partial charge in [-0.3, -0.25) is 0 Å². The third-order valence-electron chi connectivity index (χ3n) is 3.11. The quantitative estimate of drug-likeness (QED) is 0.771. The van der Waals surface area contributed by atoms with Gasteiger partial charge < -0.3 is 5.32 Å². The molecule has 3 heteroatoms. The van der Waals surface area contributed by atoms with Crippen molar-refractivity contribution in [2.75, 3.05) is 5.32 Å². The summed E-state index contributed by atoms with van der Waals surface area (Å²) in [4.78, 5) is 0. The Morgan fingerprint density at radius 2 is 1.95 bits per heavy atom. The highest BCUT2D eigenvalue weighted by Gasteiger charge is 2.02. The van der Waals surface area contributed by atoms with Crippen LogP contribution < -0.4 is 5.32 Å². The molecule has 0 saturated heterocycles. The molecule has 1 heterocycles. The van der Waals surface area contributed by atoms with Crippen molar-refractivity contribution in [2.24, 2.45) is 0 Å². The summed E-state index contributed by atoms with van der Waals surface area (Å²) in [5.74, 6) is 0.833. The SMILES string of the molecule is Cc1cccc(CNc2nncc3ccccc23)c1. The zero-order valence-corrected chi connectivity index (χ0v) is 10.8. The van der Waals surface area contributed by atoms with Gasteiger partial charge in [0.2, 0.25) is 0 Å². The summed E-state index contributed by atoms with van der Waals surface area (Å²) in [6, 6.07) is 16.6. The van der Waals surface area contributed by atoms with Crippen molar-refractivity contribution in [3.05, 3.63) is 65.9 Å². The molecule has 0 aliphatic heterocycles. The maximum Gasteiger partial charge on any atom is 0.156 e. The molecule has 3 aromatic rings. The van der Waals surface area contributed by atoms with Gasteiger partial charge in [0, 0.05) is 17.3 Å². The van der Waals surface area contributed by atoms with E-state index in [1.165, 1.54) is 11.1 Å². The van der Waals surface area contributed by atoms with Crippen LogP contribution in [0.1, 0.15) is 11.1 Å². The minimum Gasteiger partial charge on any atom is -0.364 e. The van der Waals surface area contributed by atoms with Crippen LogP contribution in [0.2, 0.25) is 0 Å². The molecule has 0 spiro atoms. The Labute approximate surface area is 112 Å². The lowest BCUT2D eigenvalue weighted by Crippen LogP contribution is -2.03. The van der Waals surface area contributed by atoms with Crippen LogP contribution >= 0.6 is 0 Å². The van der Waals surface area contributed by atoms with E-state index in [1.54, 1.807) is 6.20 Å². The van der Waals surface area contributed by atoms with E-state index in [0.717, 1.165) is 23.1 Å². The fourth-order valence-corrected chi connectivity index (χ4v) is 2.17. The predicted octanol–water partition coefficient (Wildman–Crippen LogP) is 3.55. The van der Waals surface area contributed by atoms with Crippen LogP contribution in [-0.2, 0) is 6.54 Å². The second-order valence-corrected chi connectivity index (χ2v) is 4.62. The molecular weight excluding hydrogens is 234 g/mol. The van der Waals surface area contributed by atoms with Crippen molar-refractivity contribution < 1.29 is 0 Å². The van der Waals surface area contributed by atoms with Gasteiger partial charge in [0.1, 0.15) is 0 Å². The summed E-state index contributed by atoms with van der Waals surface area (Å²) >= 11 is 0. The Bertz CT molecular complexity index is 702. The van der Waals surface area contributed by atoms with E-state index >= 15 is 0 Å². The smallest absolute Gasteiger partial charge is 0.156 e. The molecule has 19 heavy (non-hydrogen) atoms. The first-order chi connectivity index (χ1) is 9.33. The number of aromatic nitrogens is 2. The molecule has 3 rings (SSSR count). The van der Waals surface area contributed by atoms with Crippen molar-refractivity contribution in [1.82, 2.24) is 10.2 Å². The van der Waals surface area contributed by atoms with Crippen molar-refractivity contribution in [1.29, 1.82) is 0 Å². The topological polar surface area (TPSA) is 37.8 Å². The van der Waals surface area contributed by atoms with E-state index in [0.29, 0.717) is 0 Å². The zero-order valence-electron chi connectivity index (χ0n) is 10.8. The van der Waals surface area contributed by atoms with Gasteiger partial charge in [0.25, 0.3) is 0 Å². The van der Waals surface area contributed by atoms with E-state index in [2.05, 4.69) is 52.8 Å². The highest BCUT2D eigenvalue weighted by Crippen LogP contribution is 2.19. The Balaban J connectivity index is 1.86. The maximum atomic E-state index is 4.18. The van der Waals surface area contributed by atoms with E-state index in [9.17, 15) is 0 Å². The van der Waals surface area contributed by atoms with E-state index < -0.39 is 0 Å². The Hall–Kier alpha value is -2.42. The average Bonchev–Trinajstić information content (AvgIpc) is 2.45. The maximum absolute atomic E-state index is 4.18. The lowest BCUT2D eigenvalue weighted by atomic mass is 10.1. The molecule has 0 saturated carbocycles. The number of nitrogens with one attached hydrogen (secondary N) is 1. The number of aryl methyl sites for hydroxylation is 1. The number of nitrogens with zero attached hydrogens (tertiary/aromatic N) is 2. The van der Waals surface area contributed by atoms with Crippen LogP contribution in [0.3, 0.4) is 0 Å². The molecule has 0 fully saturated rings. The van der Waals surface area contributed by atoms with Crippen molar-refractivity contribution in [3.8, 4) is 0 Å². The van der Waals surface area contributed by atoms with Gasteiger partial charge in [-0.05, 0) is 12.5 Å². The lowest BCUT2D eigenvalue weighted by molar-refractivity contribution is 1.02. The minimum atomic E-state index is 0.754. The van der Waals surface area contributed by atoms with Gasteiger partial charge in [0.15, 0.2) is 5.82 Å². The van der Waals surface area contributed by atoms with Crippen LogP contribution in [0, 0.1) is 6.92 Å². The molecule has 0 aliphatic carbocycles. The second kappa shape index (κ2) is 5.06. The normalized spacial score (nSPS) is 10.6. The van der Waals surface area contributed by atoms with Gasteiger partial charge in [-0.15, -0.1) is 5.10 Å². The average molecular weight is 249 g/mol. The number of hydrogen-bond donors (Lipinski definition) is 1. The molecule has 3 nitrogen and oxygen atoms in total. The number of fused-ring (bicyclic) bond motifs is 1. The largest absolute Gasteiger partial charge is 0.364 e.